The van der Waals surface area contributed by atoms with Gasteiger partial charge in [0.05, 0.1) is 0 Å². The lowest BCUT2D eigenvalue weighted by molar-refractivity contribution is 0.215. The molecule has 0 saturated carbocycles. The Bertz CT molecular complexity index is 931. The Morgan fingerprint density at radius 2 is 2.06 bits per heavy atom. The molecular weight excluding hydrogens is 388 g/mol. The summed E-state index contributed by atoms with van der Waals surface area (Å²) in [4.78, 5) is 19.4. The van der Waals surface area contributed by atoms with Crippen molar-refractivity contribution in [1.29, 1.82) is 0 Å². The Balaban J connectivity index is 1.29. The molecule has 2 unspecified atom stereocenters. The van der Waals surface area contributed by atoms with Gasteiger partial charge in [-0.3, -0.25) is 9.56 Å². The molecule has 0 radical (unpaired) electrons. The number of hydrogen-bond donors (Lipinski definition) is 1. The zero-order valence-corrected chi connectivity index (χ0v) is 19.0. The minimum absolute atomic E-state index is 0.0489. The van der Waals surface area contributed by atoms with Crippen LogP contribution in [0.4, 0.5) is 0 Å². The number of rotatable bonds is 6. The van der Waals surface area contributed by atoms with E-state index in [0.29, 0.717) is 18.4 Å². The molecule has 2 aromatic rings. The van der Waals surface area contributed by atoms with Crippen molar-refractivity contribution in [3.63, 3.8) is 0 Å². The van der Waals surface area contributed by atoms with Crippen molar-refractivity contribution < 1.29 is 0 Å². The molecule has 1 saturated heterocycles. The van der Waals surface area contributed by atoms with Gasteiger partial charge in [0.2, 0.25) is 0 Å². The van der Waals surface area contributed by atoms with Gasteiger partial charge in [-0.2, -0.15) is 5.10 Å². The first-order chi connectivity index (χ1) is 15.2. The second kappa shape index (κ2) is 10.2. The molecule has 3 heterocycles. The first kappa shape index (κ1) is 21.7. The normalized spacial score (nSPS) is 21.7. The summed E-state index contributed by atoms with van der Waals surface area (Å²) in [6.45, 7) is 6.60. The number of nitrogens with one attached hydrogen (secondary N) is 1. The molecule has 0 spiro atoms. The Morgan fingerprint density at radius 3 is 2.81 bits per heavy atom. The van der Waals surface area contributed by atoms with Gasteiger partial charge in [-0.05, 0) is 43.1 Å². The van der Waals surface area contributed by atoms with Crippen LogP contribution in [0.25, 0.3) is 0 Å². The van der Waals surface area contributed by atoms with Gasteiger partial charge in [-0.25, -0.2) is 9.48 Å². The highest BCUT2D eigenvalue weighted by Gasteiger charge is 2.30. The number of likely N-dealkylation sites (tertiary alicyclic amines) is 1. The van der Waals surface area contributed by atoms with Gasteiger partial charge in [-0.15, -0.1) is 0 Å². The molecule has 1 aromatic carbocycles. The fourth-order valence-corrected chi connectivity index (χ4v) is 5.13. The van der Waals surface area contributed by atoms with Crippen molar-refractivity contribution in [2.75, 3.05) is 26.7 Å². The van der Waals surface area contributed by atoms with Crippen LogP contribution in [0.1, 0.15) is 56.3 Å². The van der Waals surface area contributed by atoms with Gasteiger partial charge in [0.1, 0.15) is 5.82 Å². The zero-order chi connectivity index (χ0) is 21.6. The van der Waals surface area contributed by atoms with Gasteiger partial charge >= 0.3 is 5.69 Å². The van der Waals surface area contributed by atoms with Crippen molar-refractivity contribution in [3.05, 3.63) is 52.2 Å². The minimum atomic E-state index is 0.0489. The molecule has 7 nitrogen and oxygen atoms in total. The summed E-state index contributed by atoms with van der Waals surface area (Å²) in [5, 5.41) is 8.05. The highest BCUT2D eigenvalue weighted by molar-refractivity contribution is 5.80. The molecule has 0 aliphatic carbocycles. The molecule has 2 aliphatic rings. The minimum Gasteiger partial charge on any atom is -0.356 e. The highest BCUT2D eigenvalue weighted by atomic mass is 16.2. The number of hydrogen-bond acceptors (Lipinski definition) is 3. The predicted molar refractivity (Wildman–Crippen MR) is 125 cm³/mol. The molecule has 168 valence electrons. The lowest BCUT2D eigenvalue weighted by atomic mass is 9.79. The summed E-state index contributed by atoms with van der Waals surface area (Å²) in [5.41, 5.74) is 1.51. The maximum Gasteiger partial charge on any atom is 0.345 e. The van der Waals surface area contributed by atoms with Crippen LogP contribution < -0.4 is 11.0 Å². The number of nitrogens with zero attached hydrogens (tertiary/aromatic N) is 5. The zero-order valence-electron chi connectivity index (χ0n) is 19.0. The second-order valence-corrected chi connectivity index (χ2v) is 8.78. The SMILES string of the molecule is CCC1CN(C(=NC)NCCCn2nc3n(c2=O)CCCC3)CCC1c1ccccc1. The standard InChI is InChI=1S/C24H36N6O/c1-3-19-18-28(17-13-21(19)20-10-5-4-6-11-20)23(25-2)26-14-9-16-30-24(31)29-15-8-7-12-22(29)27-30/h4-6,10-11,19,21H,3,7-9,12-18H2,1-2H3,(H,25,26). The number of fused-ring (bicyclic) bond motifs is 1. The smallest absolute Gasteiger partial charge is 0.345 e. The van der Waals surface area contributed by atoms with Crippen molar-refractivity contribution >= 4 is 5.96 Å². The van der Waals surface area contributed by atoms with E-state index in [9.17, 15) is 4.79 Å². The fraction of sp³-hybridized carbons (Fsp3) is 0.625. The largest absolute Gasteiger partial charge is 0.356 e. The summed E-state index contributed by atoms with van der Waals surface area (Å²) >= 11 is 0. The van der Waals surface area contributed by atoms with E-state index in [1.807, 2.05) is 11.6 Å². The number of aromatic nitrogens is 3. The van der Waals surface area contributed by atoms with Gasteiger partial charge in [0.15, 0.2) is 5.96 Å². The molecule has 1 N–H and O–H groups in total. The van der Waals surface area contributed by atoms with Crippen LogP contribution in [0.15, 0.2) is 40.1 Å². The summed E-state index contributed by atoms with van der Waals surface area (Å²) in [6.07, 6.45) is 6.31. The summed E-state index contributed by atoms with van der Waals surface area (Å²) in [6, 6.07) is 10.9. The quantitative estimate of drug-likeness (QED) is 0.440. The van der Waals surface area contributed by atoms with E-state index in [4.69, 9.17) is 0 Å². The molecule has 4 rings (SSSR count). The van der Waals surface area contributed by atoms with Crippen molar-refractivity contribution in [2.24, 2.45) is 10.9 Å². The molecule has 0 bridgehead atoms. The van der Waals surface area contributed by atoms with Crippen LogP contribution in [0.2, 0.25) is 0 Å². The molecule has 2 aliphatic heterocycles. The third-order valence-electron chi connectivity index (χ3n) is 6.86. The number of aryl methyl sites for hydroxylation is 2. The summed E-state index contributed by atoms with van der Waals surface area (Å²) in [5.74, 6) is 3.18. The lowest BCUT2D eigenvalue weighted by Crippen LogP contribution is -2.48. The number of guanidine groups is 1. The van der Waals surface area contributed by atoms with Crippen LogP contribution in [-0.4, -0.2) is 51.9 Å². The van der Waals surface area contributed by atoms with E-state index in [0.717, 1.165) is 70.1 Å². The lowest BCUT2D eigenvalue weighted by Gasteiger charge is -2.40. The molecule has 2 atom stereocenters. The summed E-state index contributed by atoms with van der Waals surface area (Å²) < 4.78 is 3.49. The Kier molecular flexibility index (Phi) is 7.10. The molecular formula is C24H36N6O. The van der Waals surface area contributed by atoms with Gasteiger partial charge in [-0.1, -0.05) is 43.7 Å². The first-order valence-corrected chi connectivity index (χ1v) is 11.9. The monoisotopic (exact) mass is 424 g/mol. The van der Waals surface area contributed by atoms with Gasteiger partial charge < -0.3 is 10.2 Å². The van der Waals surface area contributed by atoms with Crippen LogP contribution >= 0.6 is 0 Å². The van der Waals surface area contributed by atoms with Gasteiger partial charge in [0.25, 0.3) is 0 Å². The van der Waals surface area contributed by atoms with Crippen molar-refractivity contribution in [1.82, 2.24) is 24.6 Å². The highest BCUT2D eigenvalue weighted by Crippen LogP contribution is 2.34. The maximum absolute atomic E-state index is 12.5. The first-order valence-electron chi connectivity index (χ1n) is 11.9. The van der Waals surface area contributed by atoms with Crippen LogP contribution in [0.5, 0.6) is 0 Å². The predicted octanol–water partition coefficient (Wildman–Crippen LogP) is 2.86. The molecule has 0 amide bonds. The van der Waals surface area contributed by atoms with Crippen LogP contribution in [0, 0.1) is 5.92 Å². The van der Waals surface area contributed by atoms with E-state index in [2.05, 4.69) is 57.6 Å². The van der Waals surface area contributed by atoms with Crippen molar-refractivity contribution in [3.8, 4) is 0 Å². The Hall–Kier alpha value is -2.57. The maximum atomic E-state index is 12.5. The Morgan fingerprint density at radius 1 is 1.23 bits per heavy atom. The molecule has 1 fully saturated rings. The average Bonchev–Trinajstić information content (AvgIpc) is 3.15. The van der Waals surface area contributed by atoms with E-state index >= 15 is 0 Å². The fourth-order valence-electron chi connectivity index (χ4n) is 5.13. The van der Waals surface area contributed by atoms with E-state index in [1.54, 1.807) is 4.68 Å². The second-order valence-electron chi connectivity index (χ2n) is 8.78. The molecule has 31 heavy (non-hydrogen) atoms. The number of benzene rings is 1. The third-order valence-corrected chi connectivity index (χ3v) is 6.86. The molecule has 7 heteroatoms. The third kappa shape index (κ3) is 4.86. The van der Waals surface area contributed by atoms with Crippen molar-refractivity contribution in [2.45, 2.75) is 64.5 Å². The summed E-state index contributed by atoms with van der Waals surface area (Å²) in [7, 11) is 1.86. The average molecular weight is 425 g/mol. The van der Waals surface area contributed by atoms with E-state index in [-0.39, 0.29) is 5.69 Å². The van der Waals surface area contributed by atoms with E-state index < -0.39 is 0 Å². The molecule has 1 aromatic heterocycles. The number of piperidine rings is 1. The van der Waals surface area contributed by atoms with Crippen LogP contribution in [-0.2, 0) is 19.5 Å². The Labute approximate surface area is 185 Å². The van der Waals surface area contributed by atoms with E-state index in [1.165, 1.54) is 12.0 Å². The number of aliphatic imine (C=N–C) groups is 1. The topological polar surface area (TPSA) is 67.5 Å². The van der Waals surface area contributed by atoms with Gasteiger partial charge in [0, 0.05) is 46.2 Å². The van der Waals surface area contributed by atoms with Crippen LogP contribution in [0.3, 0.4) is 0 Å².